The Morgan fingerprint density at radius 3 is 2.38 bits per heavy atom. The van der Waals surface area contributed by atoms with Crippen molar-refractivity contribution in [2.24, 2.45) is 0 Å². The number of aryl methyl sites for hydroxylation is 2. The van der Waals surface area contributed by atoms with Gasteiger partial charge in [0.05, 0.1) is 26.4 Å². The first kappa shape index (κ1) is 29.5. The predicted molar refractivity (Wildman–Crippen MR) is 157 cm³/mol. The molecule has 2 aromatic carbocycles. The lowest BCUT2D eigenvalue weighted by Gasteiger charge is -2.33. The summed E-state index contributed by atoms with van der Waals surface area (Å²) < 4.78 is 28.6. The fourth-order valence-electron chi connectivity index (χ4n) is 5.25. The first-order valence-electron chi connectivity index (χ1n) is 14.0. The average Bonchev–Trinajstić information content (AvgIpc) is 3.36. The van der Waals surface area contributed by atoms with Crippen molar-refractivity contribution in [3.8, 4) is 17.2 Å². The number of hydrogen-bond donors (Lipinski definition) is 1. The van der Waals surface area contributed by atoms with Gasteiger partial charge in [-0.15, -0.1) is 0 Å². The van der Waals surface area contributed by atoms with Crippen LogP contribution in [0.5, 0.6) is 17.2 Å². The smallest absolute Gasteiger partial charge is 0.291 e. The van der Waals surface area contributed by atoms with Crippen molar-refractivity contribution >= 4 is 11.6 Å². The van der Waals surface area contributed by atoms with Gasteiger partial charge in [0.2, 0.25) is 0 Å². The Kier molecular flexibility index (Phi) is 8.83. The molecule has 0 fully saturated rings. The minimum Gasteiger partial charge on any atom is -0.494 e. The molecule has 7 nitrogen and oxygen atoms in total. The van der Waals surface area contributed by atoms with E-state index in [-0.39, 0.29) is 16.8 Å². The van der Waals surface area contributed by atoms with E-state index in [1.807, 2.05) is 26.8 Å². The summed E-state index contributed by atoms with van der Waals surface area (Å²) in [6.07, 6.45) is 4.18. The third-order valence-corrected chi connectivity index (χ3v) is 7.39. The van der Waals surface area contributed by atoms with Gasteiger partial charge in [-0.05, 0) is 86.8 Å². The molecule has 1 heterocycles. The predicted octanol–water partition coefficient (Wildman–Crippen LogP) is 7.26. The SMILES string of the molecule is COc1cc(OCCOC(C)(C)C)cc(OC)c1NC(=O)c1ccc(Cc2cc3c(cc2C)CCCC3(C)C)o1. The van der Waals surface area contributed by atoms with Gasteiger partial charge in [0.1, 0.15) is 35.3 Å². The standard InChI is InChI=1S/C33H43NO6/c1-21-16-22-10-9-13-33(5,6)26(22)18-23(21)17-24-11-12-27(40-24)31(35)34-30-28(36-7)19-25(20-29(30)37-8)38-14-15-39-32(2,3)4/h11-12,16,18-20H,9-10,13-15,17H2,1-8H3,(H,34,35). The third kappa shape index (κ3) is 7.00. The molecule has 1 N–H and O–H groups in total. The van der Waals surface area contributed by atoms with Gasteiger partial charge in [-0.3, -0.25) is 4.79 Å². The van der Waals surface area contributed by atoms with Crippen molar-refractivity contribution in [1.82, 2.24) is 0 Å². The van der Waals surface area contributed by atoms with Gasteiger partial charge in [-0.1, -0.05) is 26.0 Å². The van der Waals surface area contributed by atoms with Gasteiger partial charge in [0.15, 0.2) is 5.76 Å². The first-order chi connectivity index (χ1) is 18.9. The van der Waals surface area contributed by atoms with Crippen LogP contribution in [0.15, 0.2) is 40.8 Å². The van der Waals surface area contributed by atoms with E-state index in [4.69, 9.17) is 23.4 Å². The molecule has 0 aliphatic heterocycles. The number of furan rings is 1. The summed E-state index contributed by atoms with van der Waals surface area (Å²) >= 11 is 0. The number of carbonyl (C=O) groups excluding carboxylic acids is 1. The number of benzene rings is 2. The van der Waals surface area contributed by atoms with Crippen molar-refractivity contribution in [2.75, 3.05) is 32.8 Å². The highest BCUT2D eigenvalue weighted by Crippen LogP contribution is 2.40. The fraction of sp³-hybridized carbons (Fsp3) is 0.485. The second kappa shape index (κ2) is 12.0. The van der Waals surface area contributed by atoms with Gasteiger partial charge in [-0.25, -0.2) is 0 Å². The molecule has 0 saturated carbocycles. The van der Waals surface area contributed by atoms with Gasteiger partial charge in [0.25, 0.3) is 5.91 Å². The summed E-state index contributed by atoms with van der Waals surface area (Å²) in [5.74, 6) is 1.94. The zero-order valence-corrected chi connectivity index (χ0v) is 25.2. The fourth-order valence-corrected chi connectivity index (χ4v) is 5.25. The molecule has 216 valence electrons. The number of hydrogen-bond acceptors (Lipinski definition) is 6. The van der Waals surface area contributed by atoms with Gasteiger partial charge in [-0.2, -0.15) is 0 Å². The Balaban J connectivity index is 1.47. The monoisotopic (exact) mass is 549 g/mol. The summed E-state index contributed by atoms with van der Waals surface area (Å²) in [5.41, 5.74) is 5.69. The van der Waals surface area contributed by atoms with Gasteiger partial charge >= 0.3 is 0 Å². The van der Waals surface area contributed by atoms with Gasteiger partial charge < -0.3 is 28.7 Å². The molecule has 0 unspecified atom stereocenters. The van der Waals surface area contributed by atoms with Crippen LogP contribution in [0, 0.1) is 6.92 Å². The summed E-state index contributed by atoms with van der Waals surface area (Å²) in [7, 11) is 3.06. The van der Waals surface area contributed by atoms with E-state index in [0.29, 0.717) is 42.6 Å². The summed E-state index contributed by atoms with van der Waals surface area (Å²) in [4.78, 5) is 13.2. The van der Waals surface area contributed by atoms with Crippen LogP contribution in [0.2, 0.25) is 0 Å². The molecule has 40 heavy (non-hydrogen) atoms. The molecule has 4 rings (SSSR count). The van der Waals surface area contributed by atoms with Crippen LogP contribution in [0.25, 0.3) is 0 Å². The number of fused-ring (bicyclic) bond motifs is 1. The summed E-state index contributed by atoms with van der Waals surface area (Å²) in [5, 5.41) is 2.89. The van der Waals surface area contributed by atoms with Crippen LogP contribution < -0.4 is 19.5 Å². The van der Waals surface area contributed by atoms with E-state index in [1.54, 1.807) is 18.2 Å². The Labute approximate surface area is 238 Å². The molecule has 3 aromatic rings. The van der Waals surface area contributed by atoms with Crippen LogP contribution in [0.3, 0.4) is 0 Å². The van der Waals surface area contributed by atoms with E-state index >= 15 is 0 Å². The molecule has 0 bridgehead atoms. The molecular formula is C33H43NO6. The third-order valence-electron chi connectivity index (χ3n) is 7.39. The first-order valence-corrected chi connectivity index (χ1v) is 14.0. The second-order valence-corrected chi connectivity index (χ2v) is 12.1. The molecule has 0 spiro atoms. The Morgan fingerprint density at radius 2 is 1.73 bits per heavy atom. The van der Waals surface area contributed by atoms with E-state index in [1.165, 1.54) is 49.3 Å². The van der Waals surface area contributed by atoms with Gasteiger partial charge in [0, 0.05) is 18.6 Å². The second-order valence-electron chi connectivity index (χ2n) is 12.1. The maximum atomic E-state index is 13.2. The van der Waals surface area contributed by atoms with Crippen molar-refractivity contribution in [3.05, 3.63) is 70.2 Å². The lowest BCUT2D eigenvalue weighted by atomic mass is 9.71. The molecule has 1 aromatic heterocycles. The number of ether oxygens (including phenoxy) is 4. The molecule has 0 saturated heterocycles. The van der Waals surface area contributed by atoms with Crippen LogP contribution in [0.4, 0.5) is 5.69 Å². The number of amides is 1. The minimum atomic E-state index is -0.390. The lowest BCUT2D eigenvalue weighted by molar-refractivity contribution is -0.0163. The summed E-state index contributed by atoms with van der Waals surface area (Å²) in [6.45, 7) is 13.6. The van der Waals surface area contributed by atoms with Crippen molar-refractivity contribution in [3.63, 3.8) is 0 Å². The Bertz CT molecular complexity index is 1320. The van der Waals surface area contributed by atoms with Crippen molar-refractivity contribution < 1.29 is 28.2 Å². The lowest BCUT2D eigenvalue weighted by Crippen LogP contribution is -2.24. The molecule has 0 radical (unpaired) electrons. The Hall–Kier alpha value is -3.45. The van der Waals surface area contributed by atoms with E-state index in [2.05, 4.69) is 38.2 Å². The molecule has 1 amide bonds. The number of rotatable bonds is 10. The zero-order valence-electron chi connectivity index (χ0n) is 25.2. The molecule has 1 aliphatic carbocycles. The maximum absolute atomic E-state index is 13.2. The Morgan fingerprint density at radius 1 is 1.02 bits per heavy atom. The van der Waals surface area contributed by atoms with Crippen LogP contribution in [0.1, 0.15) is 86.0 Å². The average molecular weight is 550 g/mol. The van der Waals surface area contributed by atoms with Crippen LogP contribution in [-0.2, 0) is 23.0 Å². The molecule has 0 atom stereocenters. The largest absolute Gasteiger partial charge is 0.494 e. The number of methoxy groups -OCH3 is 2. The zero-order chi connectivity index (χ0) is 29.1. The van der Waals surface area contributed by atoms with E-state index < -0.39 is 5.91 Å². The minimum absolute atomic E-state index is 0.170. The molecule has 7 heteroatoms. The quantitative estimate of drug-likeness (QED) is 0.268. The van der Waals surface area contributed by atoms with Crippen molar-refractivity contribution in [1.29, 1.82) is 0 Å². The normalized spacial score (nSPS) is 14.4. The highest BCUT2D eigenvalue weighted by molar-refractivity contribution is 6.04. The highest BCUT2D eigenvalue weighted by Gasteiger charge is 2.28. The molecule has 1 aliphatic rings. The van der Waals surface area contributed by atoms with E-state index in [9.17, 15) is 4.79 Å². The maximum Gasteiger partial charge on any atom is 0.291 e. The van der Waals surface area contributed by atoms with Crippen LogP contribution in [-0.4, -0.2) is 38.9 Å². The summed E-state index contributed by atoms with van der Waals surface area (Å²) in [6, 6.07) is 11.6. The van der Waals surface area contributed by atoms with Crippen molar-refractivity contribution in [2.45, 2.75) is 78.2 Å². The number of nitrogens with one attached hydrogen (secondary N) is 1. The van der Waals surface area contributed by atoms with E-state index in [0.717, 1.165) is 12.2 Å². The highest BCUT2D eigenvalue weighted by atomic mass is 16.5. The van der Waals surface area contributed by atoms with Crippen LogP contribution >= 0.6 is 0 Å². The number of carbonyl (C=O) groups is 1. The molecular weight excluding hydrogens is 506 g/mol. The topological polar surface area (TPSA) is 79.2 Å². The number of anilines is 1.